The van der Waals surface area contributed by atoms with Crippen molar-refractivity contribution in [3.05, 3.63) is 0 Å². The molecule has 0 spiro atoms. The van der Waals surface area contributed by atoms with Crippen LogP contribution in [0.4, 0.5) is 0 Å². The fourth-order valence-corrected chi connectivity index (χ4v) is 1.88. The Hall–Kier alpha value is 0.310. The van der Waals surface area contributed by atoms with Gasteiger partial charge in [-0.2, -0.15) is 11.8 Å². The van der Waals surface area contributed by atoms with Crippen LogP contribution in [-0.4, -0.2) is 24.7 Å². The van der Waals surface area contributed by atoms with Crippen LogP contribution >= 0.6 is 11.8 Å². The number of hydrogen-bond donors (Lipinski definition) is 0. The lowest BCUT2D eigenvalue weighted by Gasteiger charge is -2.01. The smallest absolute Gasteiger partial charge is 0.0465 e. The topological polar surface area (TPSA) is 9.23 Å². The van der Waals surface area contributed by atoms with Crippen LogP contribution in [0.3, 0.4) is 0 Å². The Morgan fingerprint density at radius 2 is 1.83 bits per heavy atom. The quantitative estimate of drug-likeness (QED) is 0.516. The van der Waals surface area contributed by atoms with Crippen molar-refractivity contribution in [3.8, 4) is 0 Å². The molecule has 0 aromatic rings. The minimum absolute atomic E-state index is 0.866. The normalized spacial score (nSPS) is 10.5. The molecule has 0 amide bonds. The van der Waals surface area contributed by atoms with Gasteiger partial charge in [0.25, 0.3) is 0 Å². The second-order valence-corrected chi connectivity index (χ2v) is 4.09. The fraction of sp³-hybridized carbons (Fsp3) is 1.00. The summed E-state index contributed by atoms with van der Waals surface area (Å²) < 4.78 is 5.25. The van der Waals surface area contributed by atoms with Gasteiger partial charge in [0.1, 0.15) is 0 Å². The van der Waals surface area contributed by atoms with E-state index in [9.17, 15) is 0 Å². The predicted octanol–water partition coefficient (Wildman–Crippen LogP) is 3.34. The lowest BCUT2D eigenvalue weighted by molar-refractivity contribution is 0.143. The maximum atomic E-state index is 5.25. The first-order chi connectivity index (χ1) is 5.91. The third-order valence-electron chi connectivity index (χ3n) is 1.63. The molecule has 0 saturated carbocycles. The molecule has 0 atom stereocenters. The van der Waals surface area contributed by atoms with Crippen molar-refractivity contribution in [2.24, 2.45) is 0 Å². The molecule has 2 heteroatoms. The molecule has 0 aromatic carbocycles. The Balaban J connectivity index is 2.73. The second-order valence-electron chi connectivity index (χ2n) is 2.87. The van der Waals surface area contributed by atoms with E-state index in [1.165, 1.54) is 37.2 Å². The zero-order chi connectivity index (χ0) is 9.07. The van der Waals surface area contributed by atoms with Crippen LogP contribution < -0.4 is 0 Å². The maximum Gasteiger partial charge on any atom is 0.0465 e. The molecule has 12 heavy (non-hydrogen) atoms. The molecule has 0 aromatic heterocycles. The summed E-state index contributed by atoms with van der Waals surface area (Å²) in [5, 5.41) is 0. The molecule has 0 heterocycles. The Morgan fingerprint density at radius 3 is 2.50 bits per heavy atom. The molecular weight excluding hydrogens is 168 g/mol. The van der Waals surface area contributed by atoms with Gasteiger partial charge < -0.3 is 4.74 Å². The molecule has 0 unspecified atom stereocenters. The summed E-state index contributed by atoms with van der Waals surface area (Å²) >= 11 is 2.08. The summed E-state index contributed by atoms with van der Waals surface area (Å²) in [4.78, 5) is 0. The SMILES string of the molecule is CCCSCCCCCOCC. The van der Waals surface area contributed by atoms with Crippen LogP contribution in [-0.2, 0) is 4.74 Å². The van der Waals surface area contributed by atoms with Crippen LogP contribution in [0, 0.1) is 0 Å². The highest BCUT2D eigenvalue weighted by Crippen LogP contribution is 2.07. The molecule has 74 valence electrons. The van der Waals surface area contributed by atoms with E-state index in [-0.39, 0.29) is 0 Å². The molecule has 0 aliphatic carbocycles. The first kappa shape index (κ1) is 12.3. The number of thioether (sulfide) groups is 1. The van der Waals surface area contributed by atoms with E-state index in [4.69, 9.17) is 4.74 Å². The number of ether oxygens (including phenoxy) is 1. The van der Waals surface area contributed by atoms with Crippen molar-refractivity contribution < 1.29 is 4.74 Å². The maximum absolute atomic E-state index is 5.25. The third-order valence-corrected chi connectivity index (χ3v) is 2.90. The highest BCUT2D eigenvalue weighted by molar-refractivity contribution is 7.99. The molecule has 0 aliphatic heterocycles. The van der Waals surface area contributed by atoms with E-state index in [1.54, 1.807) is 0 Å². The molecule has 0 fully saturated rings. The lowest BCUT2D eigenvalue weighted by Crippen LogP contribution is -1.93. The second kappa shape index (κ2) is 11.3. The van der Waals surface area contributed by atoms with Crippen LogP contribution in [0.1, 0.15) is 39.5 Å². The van der Waals surface area contributed by atoms with Gasteiger partial charge >= 0.3 is 0 Å². The number of unbranched alkanes of at least 4 members (excludes halogenated alkanes) is 2. The van der Waals surface area contributed by atoms with Crippen molar-refractivity contribution >= 4 is 11.8 Å². The molecule has 0 radical (unpaired) electrons. The van der Waals surface area contributed by atoms with Gasteiger partial charge in [0.2, 0.25) is 0 Å². The molecule has 0 saturated heterocycles. The summed E-state index contributed by atoms with van der Waals surface area (Å²) in [6.45, 7) is 6.11. The van der Waals surface area contributed by atoms with E-state index in [0.717, 1.165) is 13.2 Å². The molecule has 0 bridgehead atoms. The highest BCUT2D eigenvalue weighted by Gasteiger charge is 1.90. The Morgan fingerprint density at radius 1 is 1.00 bits per heavy atom. The predicted molar refractivity (Wildman–Crippen MR) is 58.0 cm³/mol. The van der Waals surface area contributed by atoms with Crippen molar-refractivity contribution in [2.45, 2.75) is 39.5 Å². The van der Waals surface area contributed by atoms with Gasteiger partial charge in [-0.05, 0) is 37.7 Å². The lowest BCUT2D eigenvalue weighted by atomic mass is 10.3. The summed E-state index contributed by atoms with van der Waals surface area (Å²) in [6, 6.07) is 0. The van der Waals surface area contributed by atoms with Crippen LogP contribution in [0.15, 0.2) is 0 Å². The van der Waals surface area contributed by atoms with Crippen molar-refractivity contribution in [3.63, 3.8) is 0 Å². The largest absolute Gasteiger partial charge is 0.382 e. The van der Waals surface area contributed by atoms with Gasteiger partial charge in [-0.25, -0.2) is 0 Å². The van der Waals surface area contributed by atoms with E-state index in [2.05, 4.69) is 25.6 Å². The zero-order valence-corrected chi connectivity index (χ0v) is 9.29. The summed E-state index contributed by atoms with van der Waals surface area (Å²) in [6.07, 6.45) is 5.23. The Bertz CT molecular complexity index is 66.2. The van der Waals surface area contributed by atoms with Gasteiger partial charge in [-0.15, -0.1) is 0 Å². The minimum atomic E-state index is 0.866. The minimum Gasteiger partial charge on any atom is -0.382 e. The van der Waals surface area contributed by atoms with E-state index in [0.29, 0.717) is 0 Å². The molecular formula is C10H22OS. The van der Waals surface area contributed by atoms with Gasteiger partial charge in [0, 0.05) is 13.2 Å². The van der Waals surface area contributed by atoms with Crippen molar-refractivity contribution in [1.29, 1.82) is 0 Å². The van der Waals surface area contributed by atoms with Gasteiger partial charge in [-0.1, -0.05) is 13.3 Å². The van der Waals surface area contributed by atoms with Crippen LogP contribution in [0.5, 0.6) is 0 Å². The average Bonchev–Trinajstić information content (AvgIpc) is 2.10. The van der Waals surface area contributed by atoms with Crippen LogP contribution in [0.2, 0.25) is 0 Å². The van der Waals surface area contributed by atoms with E-state index < -0.39 is 0 Å². The summed E-state index contributed by atoms with van der Waals surface area (Å²) in [7, 11) is 0. The first-order valence-corrected chi connectivity index (χ1v) is 6.22. The van der Waals surface area contributed by atoms with Crippen molar-refractivity contribution in [1.82, 2.24) is 0 Å². The Labute approximate surface area is 81.3 Å². The highest BCUT2D eigenvalue weighted by atomic mass is 32.2. The van der Waals surface area contributed by atoms with E-state index >= 15 is 0 Å². The average molecular weight is 190 g/mol. The van der Waals surface area contributed by atoms with Crippen molar-refractivity contribution in [2.75, 3.05) is 24.7 Å². The van der Waals surface area contributed by atoms with Gasteiger partial charge in [-0.3, -0.25) is 0 Å². The summed E-state index contributed by atoms with van der Waals surface area (Å²) in [5.41, 5.74) is 0. The first-order valence-electron chi connectivity index (χ1n) is 5.07. The van der Waals surface area contributed by atoms with Crippen LogP contribution in [0.25, 0.3) is 0 Å². The Kier molecular flexibility index (Phi) is 11.6. The molecule has 0 rings (SSSR count). The standard InChI is InChI=1S/C10H22OS/c1-3-9-12-10-7-5-6-8-11-4-2/h3-10H2,1-2H3. The monoisotopic (exact) mass is 190 g/mol. The molecule has 0 N–H and O–H groups in total. The number of hydrogen-bond acceptors (Lipinski definition) is 2. The fourth-order valence-electron chi connectivity index (χ4n) is 0.976. The zero-order valence-electron chi connectivity index (χ0n) is 8.47. The molecule has 0 aliphatic rings. The molecule has 1 nitrogen and oxygen atoms in total. The number of rotatable bonds is 9. The summed E-state index contributed by atoms with van der Waals surface area (Å²) in [5.74, 6) is 2.66. The van der Waals surface area contributed by atoms with Gasteiger partial charge in [0.05, 0.1) is 0 Å². The van der Waals surface area contributed by atoms with E-state index in [1.807, 2.05) is 0 Å². The third kappa shape index (κ3) is 10.3. The van der Waals surface area contributed by atoms with Gasteiger partial charge in [0.15, 0.2) is 0 Å².